The van der Waals surface area contributed by atoms with Crippen LogP contribution in [0.4, 0.5) is 0 Å². The van der Waals surface area contributed by atoms with Crippen LogP contribution in [0.15, 0.2) is 30.3 Å². The van der Waals surface area contributed by atoms with Gasteiger partial charge in [0.25, 0.3) is 0 Å². The zero-order chi connectivity index (χ0) is 17.2. The molecule has 1 aliphatic rings. The van der Waals surface area contributed by atoms with E-state index in [1.165, 1.54) is 19.3 Å². The second-order valence-corrected chi connectivity index (χ2v) is 6.82. The van der Waals surface area contributed by atoms with E-state index in [-0.39, 0.29) is 5.91 Å². The zero-order valence-corrected chi connectivity index (χ0v) is 15.0. The van der Waals surface area contributed by atoms with Gasteiger partial charge in [0.05, 0.1) is 13.1 Å². The summed E-state index contributed by atoms with van der Waals surface area (Å²) in [7, 11) is 4.25. The molecule has 2 rings (SSSR count). The number of ether oxygens (including phenoxy) is 1. The standard InChI is InChI=1S/C19H31N3O2/c1-21(2)12-8-17-9-13-22(14-10-17)16-19(23)20-11-15-24-18-6-4-3-5-7-18/h3-7,17H,8-16H2,1-2H3,(H,20,23). The van der Waals surface area contributed by atoms with E-state index in [4.69, 9.17) is 4.74 Å². The molecule has 134 valence electrons. The Morgan fingerprint density at radius 1 is 1.25 bits per heavy atom. The van der Waals surface area contributed by atoms with Gasteiger partial charge in [-0.3, -0.25) is 9.69 Å². The van der Waals surface area contributed by atoms with Gasteiger partial charge in [-0.1, -0.05) is 18.2 Å². The lowest BCUT2D eigenvalue weighted by atomic mass is 9.93. The minimum atomic E-state index is 0.0957. The molecule has 5 heteroatoms. The first-order chi connectivity index (χ1) is 11.6. The van der Waals surface area contributed by atoms with Crippen molar-refractivity contribution >= 4 is 5.91 Å². The van der Waals surface area contributed by atoms with Gasteiger partial charge in [0.1, 0.15) is 12.4 Å². The molecule has 0 spiro atoms. The number of carbonyl (C=O) groups is 1. The molecule has 0 bridgehead atoms. The third-order valence-corrected chi connectivity index (χ3v) is 4.50. The molecule has 0 atom stereocenters. The van der Waals surface area contributed by atoms with Crippen LogP contribution in [0.1, 0.15) is 19.3 Å². The molecule has 1 aromatic rings. The van der Waals surface area contributed by atoms with Crippen molar-refractivity contribution in [3.05, 3.63) is 30.3 Å². The molecule has 0 unspecified atom stereocenters. The van der Waals surface area contributed by atoms with Crippen LogP contribution in [0.2, 0.25) is 0 Å². The van der Waals surface area contributed by atoms with E-state index >= 15 is 0 Å². The number of carbonyl (C=O) groups excluding carboxylic acids is 1. The van der Waals surface area contributed by atoms with Crippen molar-refractivity contribution < 1.29 is 9.53 Å². The fourth-order valence-corrected chi connectivity index (χ4v) is 3.01. The molecule has 1 N–H and O–H groups in total. The summed E-state index contributed by atoms with van der Waals surface area (Å²) in [5, 5.41) is 2.94. The van der Waals surface area contributed by atoms with Gasteiger partial charge in [0.2, 0.25) is 5.91 Å². The number of hydrogen-bond acceptors (Lipinski definition) is 4. The van der Waals surface area contributed by atoms with E-state index in [0.29, 0.717) is 19.7 Å². The first-order valence-corrected chi connectivity index (χ1v) is 8.95. The summed E-state index contributed by atoms with van der Waals surface area (Å²) in [5.74, 6) is 1.75. The lowest BCUT2D eigenvalue weighted by Gasteiger charge is -2.31. The number of nitrogens with one attached hydrogen (secondary N) is 1. The SMILES string of the molecule is CN(C)CCC1CCN(CC(=O)NCCOc2ccccc2)CC1. The smallest absolute Gasteiger partial charge is 0.234 e. The van der Waals surface area contributed by atoms with Crippen LogP contribution in [-0.4, -0.2) is 69.1 Å². The van der Waals surface area contributed by atoms with E-state index < -0.39 is 0 Å². The summed E-state index contributed by atoms with van der Waals surface area (Å²) in [6.45, 7) is 4.78. The molecule has 0 radical (unpaired) electrons. The van der Waals surface area contributed by atoms with Crippen molar-refractivity contribution in [1.29, 1.82) is 0 Å². The number of piperidine rings is 1. The number of likely N-dealkylation sites (tertiary alicyclic amines) is 1. The summed E-state index contributed by atoms with van der Waals surface area (Å²) in [5.41, 5.74) is 0. The third kappa shape index (κ3) is 7.32. The third-order valence-electron chi connectivity index (χ3n) is 4.50. The summed E-state index contributed by atoms with van der Waals surface area (Å²) in [6.07, 6.45) is 3.68. The van der Waals surface area contributed by atoms with Gasteiger partial charge in [0.15, 0.2) is 0 Å². The first kappa shape index (κ1) is 18.7. The van der Waals surface area contributed by atoms with Crippen molar-refractivity contribution in [3.8, 4) is 5.75 Å². The number of amides is 1. The molecule has 1 aliphatic heterocycles. The number of hydrogen-bond donors (Lipinski definition) is 1. The fourth-order valence-electron chi connectivity index (χ4n) is 3.01. The molecule has 1 amide bonds. The Balaban J connectivity index is 1.53. The molecule has 1 heterocycles. The maximum atomic E-state index is 12.0. The molecule has 0 aromatic heterocycles. The van der Waals surface area contributed by atoms with Crippen LogP contribution in [0.25, 0.3) is 0 Å². The Hall–Kier alpha value is -1.59. The van der Waals surface area contributed by atoms with Crippen LogP contribution in [0.5, 0.6) is 5.75 Å². The molecular formula is C19H31N3O2. The van der Waals surface area contributed by atoms with E-state index in [1.54, 1.807) is 0 Å². The molecule has 24 heavy (non-hydrogen) atoms. The van der Waals surface area contributed by atoms with Crippen LogP contribution in [-0.2, 0) is 4.79 Å². The molecule has 1 aromatic carbocycles. The fraction of sp³-hybridized carbons (Fsp3) is 0.632. The molecule has 0 saturated carbocycles. The topological polar surface area (TPSA) is 44.8 Å². The first-order valence-electron chi connectivity index (χ1n) is 8.95. The predicted octanol–water partition coefficient (Wildman–Crippen LogP) is 1.85. The monoisotopic (exact) mass is 333 g/mol. The minimum absolute atomic E-state index is 0.0957. The maximum absolute atomic E-state index is 12.0. The normalized spacial score (nSPS) is 16.3. The van der Waals surface area contributed by atoms with Crippen molar-refractivity contribution in [2.45, 2.75) is 19.3 Å². The van der Waals surface area contributed by atoms with Gasteiger partial charge in [-0.2, -0.15) is 0 Å². The Bertz CT molecular complexity index is 471. The summed E-state index contributed by atoms with van der Waals surface area (Å²) in [6, 6.07) is 9.68. The average molecular weight is 333 g/mol. The maximum Gasteiger partial charge on any atom is 0.234 e. The quantitative estimate of drug-likeness (QED) is 0.701. The van der Waals surface area contributed by atoms with E-state index in [2.05, 4.69) is 29.2 Å². The van der Waals surface area contributed by atoms with E-state index in [1.807, 2.05) is 30.3 Å². The zero-order valence-electron chi connectivity index (χ0n) is 15.0. The number of rotatable bonds is 9. The highest BCUT2D eigenvalue weighted by molar-refractivity contribution is 5.78. The number of para-hydroxylation sites is 1. The Morgan fingerprint density at radius 3 is 2.62 bits per heavy atom. The highest BCUT2D eigenvalue weighted by Gasteiger charge is 2.20. The van der Waals surface area contributed by atoms with Crippen LogP contribution < -0.4 is 10.1 Å². The second-order valence-electron chi connectivity index (χ2n) is 6.82. The van der Waals surface area contributed by atoms with Gasteiger partial charge < -0.3 is 15.0 Å². The summed E-state index contributed by atoms with van der Waals surface area (Å²) >= 11 is 0. The molecule has 0 aliphatic carbocycles. The van der Waals surface area contributed by atoms with Crippen molar-refractivity contribution in [1.82, 2.24) is 15.1 Å². The number of nitrogens with zero attached hydrogens (tertiary/aromatic N) is 2. The minimum Gasteiger partial charge on any atom is -0.492 e. The Kier molecular flexibility index (Phi) is 8.05. The van der Waals surface area contributed by atoms with Crippen molar-refractivity contribution in [2.24, 2.45) is 5.92 Å². The van der Waals surface area contributed by atoms with E-state index in [9.17, 15) is 4.79 Å². The lowest BCUT2D eigenvalue weighted by Crippen LogP contribution is -2.42. The molecular weight excluding hydrogens is 302 g/mol. The van der Waals surface area contributed by atoms with Gasteiger partial charge in [0, 0.05) is 0 Å². The van der Waals surface area contributed by atoms with Crippen molar-refractivity contribution in [3.63, 3.8) is 0 Å². The van der Waals surface area contributed by atoms with Gasteiger partial charge in [-0.25, -0.2) is 0 Å². The summed E-state index contributed by atoms with van der Waals surface area (Å²) in [4.78, 5) is 16.5. The largest absolute Gasteiger partial charge is 0.492 e. The number of benzene rings is 1. The Morgan fingerprint density at radius 2 is 1.96 bits per heavy atom. The Labute approximate surface area is 146 Å². The van der Waals surface area contributed by atoms with Crippen LogP contribution in [0, 0.1) is 5.92 Å². The lowest BCUT2D eigenvalue weighted by molar-refractivity contribution is -0.122. The van der Waals surface area contributed by atoms with E-state index in [0.717, 1.165) is 31.3 Å². The molecule has 5 nitrogen and oxygen atoms in total. The molecule has 1 fully saturated rings. The summed E-state index contributed by atoms with van der Waals surface area (Å²) < 4.78 is 5.57. The molecule has 1 saturated heterocycles. The van der Waals surface area contributed by atoms with Crippen LogP contribution in [0.3, 0.4) is 0 Å². The predicted molar refractivity (Wildman–Crippen MR) is 97.3 cm³/mol. The van der Waals surface area contributed by atoms with Crippen LogP contribution >= 0.6 is 0 Å². The average Bonchev–Trinajstić information content (AvgIpc) is 2.59. The second kappa shape index (κ2) is 10.3. The van der Waals surface area contributed by atoms with Gasteiger partial charge in [-0.05, 0) is 71.0 Å². The van der Waals surface area contributed by atoms with Gasteiger partial charge >= 0.3 is 0 Å². The highest BCUT2D eigenvalue weighted by Crippen LogP contribution is 2.20. The van der Waals surface area contributed by atoms with Gasteiger partial charge in [-0.15, -0.1) is 0 Å². The van der Waals surface area contributed by atoms with Crippen molar-refractivity contribution in [2.75, 3.05) is 53.4 Å². The highest BCUT2D eigenvalue weighted by atomic mass is 16.5.